The van der Waals surface area contributed by atoms with Gasteiger partial charge in [0.2, 0.25) is 5.91 Å². The molecule has 0 aromatic carbocycles. The Balaban J connectivity index is 3.03. The minimum Gasteiger partial charge on any atom is -0.478 e. The predicted molar refractivity (Wildman–Crippen MR) is 69.0 cm³/mol. The maximum Gasteiger partial charge on any atom is 0.418 e. The number of carbonyl (C=O) groups excluding carboxylic acids is 1. The quantitative estimate of drug-likeness (QED) is 0.878. The molecule has 1 unspecified atom stereocenters. The predicted octanol–water partition coefficient (Wildman–Crippen LogP) is 2.54. The van der Waals surface area contributed by atoms with Crippen molar-refractivity contribution >= 4 is 11.9 Å². The van der Waals surface area contributed by atoms with Crippen LogP contribution in [0.5, 0.6) is 0 Å². The van der Waals surface area contributed by atoms with Crippen LogP contribution in [0.25, 0.3) is 0 Å². The van der Waals surface area contributed by atoms with Gasteiger partial charge in [-0.25, -0.2) is 4.79 Å². The second kappa shape index (κ2) is 6.19. The third-order valence-electron chi connectivity index (χ3n) is 2.89. The average molecular weight is 306 g/mol. The van der Waals surface area contributed by atoms with Gasteiger partial charge in [0.1, 0.15) is 6.04 Å². The van der Waals surface area contributed by atoms with Crippen LogP contribution < -0.4 is 5.32 Å². The summed E-state index contributed by atoms with van der Waals surface area (Å²) in [7, 11) is 0. The van der Waals surface area contributed by atoms with Gasteiger partial charge in [0.05, 0.1) is 11.1 Å². The fourth-order valence-electron chi connectivity index (χ4n) is 1.68. The third-order valence-corrected chi connectivity index (χ3v) is 2.89. The first-order valence-corrected chi connectivity index (χ1v) is 6.33. The van der Waals surface area contributed by atoms with Crippen molar-refractivity contribution in [1.82, 2.24) is 9.88 Å². The zero-order valence-electron chi connectivity index (χ0n) is 11.9. The highest BCUT2D eigenvalue weighted by Gasteiger charge is 2.37. The summed E-state index contributed by atoms with van der Waals surface area (Å²) in [6, 6.07) is -0.932. The summed E-state index contributed by atoms with van der Waals surface area (Å²) in [5.41, 5.74) is -2.13. The monoisotopic (exact) mass is 306 g/mol. The van der Waals surface area contributed by atoms with E-state index in [1.165, 1.54) is 6.92 Å². The highest BCUT2D eigenvalue weighted by molar-refractivity contribution is 5.90. The lowest BCUT2D eigenvalue weighted by atomic mass is 10.2. The molecule has 118 valence electrons. The molecule has 0 spiro atoms. The molecule has 1 rings (SSSR count). The molecule has 1 aromatic rings. The SMILES string of the molecule is CC(C)CNC(=O)C(C)n1cc(C(=O)O)c(C(F)(F)F)c1. The Kier molecular flexibility index (Phi) is 5.03. The van der Waals surface area contributed by atoms with Gasteiger partial charge in [-0.3, -0.25) is 4.79 Å². The van der Waals surface area contributed by atoms with Crippen LogP contribution in [0.4, 0.5) is 13.2 Å². The molecule has 0 saturated heterocycles. The van der Waals surface area contributed by atoms with Crippen LogP contribution in [-0.2, 0) is 11.0 Å². The molecule has 21 heavy (non-hydrogen) atoms. The Morgan fingerprint density at radius 3 is 2.24 bits per heavy atom. The minimum absolute atomic E-state index is 0.200. The lowest BCUT2D eigenvalue weighted by Gasteiger charge is -2.15. The Hall–Kier alpha value is -1.99. The van der Waals surface area contributed by atoms with Crippen LogP contribution in [0.2, 0.25) is 0 Å². The number of halogens is 3. The van der Waals surface area contributed by atoms with Gasteiger partial charge >= 0.3 is 12.1 Å². The van der Waals surface area contributed by atoms with Gasteiger partial charge < -0.3 is 15.0 Å². The number of carboxylic acid groups (broad SMARTS) is 1. The van der Waals surface area contributed by atoms with Gasteiger partial charge in [0.25, 0.3) is 0 Å². The minimum atomic E-state index is -4.78. The lowest BCUT2D eigenvalue weighted by Crippen LogP contribution is -2.33. The molecule has 1 atom stereocenters. The Bertz CT molecular complexity index is 535. The molecule has 0 fully saturated rings. The summed E-state index contributed by atoms with van der Waals surface area (Å²) in [5.74, 6) is -1.95. The van der Waals surface area contributed by atoms with Gasteiger partial charge in [0, 0.05) is 18.9 Å². The Morgan fingerprint density at radius 1 is 1.29 bits per heavy atom. The summed E-state index contributed by atoms with van der Waals surface area (Å²) < 4.78 is 39.2. The van der Waals surface area contributed by atoms with Gasteiger partial charge in [-0.05, 0) is 12.8 Å². The van der Waals surface area contributed by atoms with Crippen molar-refractivity contribution in [3.8, 4) is 0 Å². The van der Waals surface area contributed by atoms with E-state index in [1.54, 1.807) is 0 Å². The summed E-state index contributed by atoms with van der Waals surface area (Å²) in [6.07, 6.45) is -3.32. The highest BCUT2D eigenvalue weighted by atomic mass is 19.4. The molecule has 0 saturated carbocycles. The fourth-order valence-corrected chi connectivity index (χ4v) is 1.68. The van der Waals surface area contributed by atoms with Crippen molar-refractivity contribution in [2.45, 2.75) is 33.0 Å². The molecular formula is C13H17F3N2O3. The van der Waals surface area contributed by atoms with Gasteiger partial charge in [-0.2, -0.15) is 13.2 Å². The van der Waals surface area contributed by atoms with E-state index in [-0.39, 0.29) is 5.92 Å². The number of aromatic carboxylic acids is 1. The first-order chi connectivity index (χ1) is 9.54. The number of carboxylic acids is 1. The van der Waals surface area contributed by atoms with Crippen molar-refractivity contribution in [3.05, 3.63) is 23.5 Å². The van der Waals surface area contributed by atoms with E-state index in [2.05, 4.69) is 5.32 Å². The zero-order chi connectivity index (χ0) is 16.4. The molecular weight excluding hydrogens is 289 g/mol. The van der Waals surface area contributed by atoms with E-state index >= 15 is 0 Å². The number of hydrogen-bond acceptors (Lipinski definition) is 2. The first kappa shape index (κ1) is 17.1. The van der Waals surface area contributed by atoms with Crippen molar-refractivity contribution in [1.29, 1.82) is 0 Å². The fraction of sp³-hybridized carbons (Fsp3) is 0.538. The van der Waals surface area contributed by atoms with E-state index in [4.69, 9.17) is 5.11 Å². The van der Waals surface area contributed by atoms with Gasteiger partial charge in [-0.1, -0.05) is 13.8 Å². The van der Waals surface area contributed by atoms with E-state index in [0.29, 0.717) is 12.7 Å². The molecule has 2 N–H and O–H groups in total. The normalized spacial score (nSPS) is 13.3. The molecule has 0 radical (unpaired) electrons. The van der Waals surface area contributed by atoms with Crippen LogP contribution in [0, 0.1) is 5.92 Å². The highest BCUT2D eigenvalue weighted by Crippen LogP contribution is 2.33. The molecule has 1 aromatic heterocycles. The maximum atomic E-state index is 12.8. The smallest absolute Gasteiger partial charge is 0.418 e. The topological polar surface area (TPSA) is 71.3 Å². The molecule has 5 nitrogen and oxygen atoms in total. The molecule has 1 amide bonds. The van der Waals surface area contributed by atoms with E-state index < -0.39 is 35.2 Å². The maximum absolute atomic E-state index is 12.8. The molecule has 8 heteroatoms. The van der Waals surface area contributed by atoms with Gasteiger partial charge in [0.15, 0.2) is 0 Å². The average Bonchev–Trinajstić information content (AvgIpc) is 2.79. The molecule has 0 aliphatic rings. The standard InChI is InChI=1S/C13H17F3N2O3/c1-7(2)4-17-11(19)8(3)18-5-9(12(20)21)10(6-18)13(14,15)16/h5-8H,4H2,1-3H3,(H,17,19)(H,20,21). The van der Waals surface area contributed by atoms with Crippen LogP contribution >= 0.6 is 0 Å². The first-order valence-electron chi connectivity index (χ1n) is 6.33. The van der Waals surface area contributed by atoms with Crippen molar-refractivity contribution in [2.75, 3.05) is 6.54 Å². The number of alkyl halides is 3. The van der Waals surface area contributed by atoms with Crippen LogP contribution in [0.1, 0.15) is 42.7 Å². The third kappa shape index (κ3) is 4.24. The van der Waals surface area contributed by atoms with Crippen LogP contribution in [-0.4, -0.2) is 28.1 Å². The Labute approximate surface area is 119 Å². The van der Waals surface area contributed by atoms with Crippen LogP contribution in [0.3, 0.4) is 0 Å². The Morgan fingerprint density at radius 2 is 1.86 bits per heavy atom. The van der Waals surface area contributed by atoms with Crippen LogP contribution in [0.15, 0.2) is 12.4 Å². The second-order valence-corrected chi connectivity index (χ2v) is 5.15. The van der Waals surface area contributed by atoms with Crippen molar-refractivity contribution in [3.63, 3.8) is 0 Å². The summed E-state index contributed by atoms with van der Waals surface area (Å²) in [5, 5.41) is 11.4. The number of aromatic nitrogens is 1. The van der Waals surface area contributed by atoms with E-state index in [0.717, 1.165) is 10.8 Å². The summed E-state index contributed by atoms with van der Waals surface area (Å²) >= 11 is 0. The largest absolute Gasteiger partial charge is 0.478 e. The molecule has 0 bridgehead atoms. The zero-order valence-corrected chi connectivity index (χ0v) is 11.9. The van der Waals surface area contributed by atoms with Gasteiger partial charge in [-0.15, -0.1) is 0 Å². The number of carbonyl (C=O) groups is 2. The van der Waals surface area contributed by atoms with E-state index in [1.807, 2.05) is 13.8 Å². The number of nitrogens with one attached hydrogen (secondary N) is 1. The second-order valence-electron chi connectivity index (χ2n) is 5.15. The number of rotatable bonds is 5. The lowest BCUT2D eigenvalue weighted by molar-refractivity contribution is -0.138. The van der Waals surface area contributed by atoms with Crippen molar-refractivity contribution < 1.29 is 27.9 Å². The summed E-state index contributed by atoms with van der Waals surface area (Å²) in [4.78, 5) is 22.7. The molecule has 0 aliphatic carbocycles. The van der Waals surface area contributed by atoms with Crippen molar-refractivity contribution in [2.24, 2.45) is 5.92 Å². The molecule has 1 heterocycles. The number of amides is 1. The summed E-state index contributed by atoms with van der Waals surface area (Å²) in [6.45, 7) is 5.56. The molecule has 0 aliphatic heterocycles. The van der Waals surface area contributed by atoms with E-state index in [9.17, 15) is 22.8 Å². The number of nitrogens with zero attached hydrogens (tertiary/aromatic N) is 1. The number of hydrogen-bond donors (Lipinski definition) is 2.